The second-order valence-corrected chi connectivity index (χ2v) is 10.2. The topological polar surface area (TPSA) is 95.9 Å². The standard InChI is InChI=1S/C28H32N2O5/c1-28(26(32)33)14-7-15-30(28)25(31)19-13-6-8-18(19)16-29-27(34)35-17-24-22-11-4-2-9-20(22)21-10-3-5-12-23(21)24/h2-5,9-12,18-19,24H,6-8,13-17H2,1H3,(H,29,34)(H,32,33)/t18-,19-,28?/m1/s1. The summed E-state index contributed by atoms with van der Waals surface area (Å²) >= 11 is 0. The minimum Gasteiger partial charge on any atom is -0.480 e. The van der Waals surface area contributed by atoms with Crippen LogP contribution in [-0.4, -0.2) is 53.2 Å². The molecule has 2 aromatic rings. The van der Waals surface area contributed by atoms with Crippen LogP contribution in [0.3, 0.4) is 0 Å². The number of carbonyl (C=O) groups excluding carboxylic acids is 2. The Bertz CT molecular complexity index is 1100. The lowest BCUT2D eigenvalue weighted by molar-refractivity contribution is -0.157. The van der Waals surface area contributed by atoms with Crippen LogP contribution in [0.1, 0.15) is 56.1 Å². The normalized spacial score (nSPS) is 25.2. The number of carbonyl (C=O) groups is 3. The van der Waals surface area contributed by atoms with E-state index >= 15 is 0 Å². The number of nitrogens with one attached hydrogen (secondary N) is 1. The summed E-state index contributed by atoms with van der Waals surface area (Å²) < 4.78 is 5.64. The van der Waals surface area contributed by atoms with E-state index in [1.54, 1.807) is 11.8 Å². The fourth-order valence-corrected chi connectivity index (χ4v) is 6.21. The highest BCUT2D eigenvalue weighted by Crippen LogP contribution is 2.44. The van der Waals surface area contributed by atoms with E-state index in [1.807, 2.05) is 24.3 Å². The van der Waals surface area contributed by atoms with E-state index in [0.29, 0.717) is 25.9 Å². The highest BCUT2D eigenvalue weighted by atomic mass is 16.5. The molecule has 2 aromatic carbocycles. The minimum atomic E-state index is -1.13. The van der Waals surface area contributed by atoms with Crippen molar-refractivity contribution in [3.05, 3.63) is 59.7 Å². The summed E-state index contributed by atoms with van der Waals surface area (Å²) in [5.74, 6) is -1.32. The summed E-state index contributed by atoms with van der Waals surface area (Å²) in [7, 11) is 0. The van der Waals surface area contributed by atoms with Crippen LogP contribution >= 0.6 is 0 Å². The second kappa shape index (κ2) is 9.36. The molecule has 1 heterocycles. The fourth-order valence-electron chi connectivity index (χ4n) is 6.21. The number of hydrogen-bond donors (Lipinski definition) is 2. The molecule has 1 saturated heterocycles. The van der Waals surface area contributed by atoms with E-state index in [2.05, 4.69) is 29.6 Å². The maximum atomic E-state index is 13.3. The number of hydrogen-bond acceptors (Lipinski definition) is 4. The predicted molar refractivity (Wildman–Crippen MR) is 131 cm³/mol. The van der Waals surface area contributed by atoms with Crippen LogP contribution in [0, 0.1) is 11.8 Å². The van der Waals surface area contributed by atoms with E-state index in [9.17, 15) is 19.5 Å². The Hall–Kier alpha value is -3.35. The van der Waals surface area contributed by atoms with E-state index in [1.165, 1.54) is 11.1 Å². The van der Waals surface area contributed by atoms with Gasteiger partial charge in [-0.25, -0.2) is 9.59 Å². The number of rotatable bonds is 6. The summed E-state index contributed by atoms with van der Waals surface area (Å²) in [6.07, 6.45) is 3.14. The third-order valence-electron chi connectivity index (χ3n) is 8.20. The van der Waals surface area contributed by atoms with Crippen molar-refractivity contribution in [3.63, 3.8) is 0 Å². The first-order valence-corrected chi connectivity index (χ1v) is 12.5. The number of benzene rings is 2. The number of ether oxygens (including phenoxy) is 1. The van der Waals surface area contributed by atoms with Crippen molar-refractivity contribution in [3.8, 4) is 11.1 Å². The molecule has 0 radical (unpaired) electrons. The molecule has 0 aromatic heterocycles. The van der Waals surface area contributed by atoms with Gasteiger partial charge >= 0.3 is 12.1 Å². The molecule has 7 heteroatoms. The van der Waals surface area contributed by atoms with Gasteiger partial charge in [0, 0.05) is 24.9 Å². The Morgan fingerprint density at radius 1 is 1.03 bits per heavy atom. The molecule has 2 fully saturated rings. The molecule has 35 heavy (non-hydrogen) atoms. The van der Waals surface area contributed by atoms with Crippen LogP contribution in [0.5, 0.6) is 0 Å². The Morgan fingerprint density at radius 3 is 2.34 bits per heavy atom. The summed E-state index contributed by atoms with van der Waals surface area (Å²) in [6, 6.07) is 16.4. The number of aliphatic carboxylic acids is 1. The highest BCUT2D eigenvalue weighted by Gasteiger charge is 2.49. The number of likely N-dealkylation sites (tertiary alicyclic amines) is 1. The third-order valence-corrected chi connectivity index (χ3v) is 8.20. The maximum Gasteiger partial charge on any atom is 0.407 e. The smallest absolute Gasteiger partial charge is 0.407 e. The molecule has 0 bridgehead atoms. The first kappa shape index (κ1) is 23.4. The molecule has 1 unspecified atom stereocenters. The van der Waals surface area contributed by atoms with Crippen molar-refractivity contribution in [2.45, 2.75) is 50.5 Å². The molecular formula is C28H32N2O5. The van der Waals surface area contributed by atoms with Crippen LogP contribution in [-0.2, 0) is 14.3 Å². The Labute approximate surface area is 205 Å². The van der Waals surface area contributed by atoms with Crippen molar-refractivity contribution in [2.75, 3.05) is 19.7 Å². The molecule has 3 atom stereocenters. The fraction of sp³-hybridized carbons (Fsp3) is 0.464. The molecule has 2 aliphatic carbocycles. The molecule has 184 valence electrons. The molecule has 1 aliphatic heterocycles. The summed E-state index contributed by atoms with van der Waals surface area (Å²) in [5.41, 5.74) is 3.55. The van der Waals surface area contributed by atoms with Gasteiger partial charge in [0.25, 0.3) is 0 Å². The van der Waals surface area contributed by atoms with E-state index in [0.717, 1.165) is 30.4 Å². The zero-order chi connectivity index (χ0) is 24.6. The molecule has 2 amide bonds. The van der Waals surface area contributed by atoms with Crippen LogP contribution in [0.2, 0.25) is 0 Å². The second-order valence-electron chi connectivity index (χ2n) is 10.2. The van der Waals surface area contributed by atoms with Gasteiger partial charge in [0.1, 0.15) is 12.1 Å². The zero-order valence-electron chi connectivity index (χ0n) is 20.0. The largest absolute Gasteiger partial charge is 0.480 e. The van der Waals surface area contributed by atoms with Gasteiger partial charge in [0.15, 0.2) is 0 Å². The van der Waals surface area contributed by atoms with Crippen LogP contribution in [0.4, 0.5) is 4.79 Å². The number of alkyl carbamates (subject to hydrolysis) is 1. The molecule has 7 nitrogen and oxygen atoms in total. The van der Waals surface area contributed by atoms with Crippen molar-refractivity contribution in [2.24, 2.45) is 11.8 Å². The monoisotopic (exact) mass is 476 g/mol. The average molecular weight is 477 g/mol. The van der Waals surface area contributed by atoms with Gasteiger partial charge in [-0.3, -0.25) is 4.79 Å². The molecule has 5 rings (SSSR count). The Morgan fingerprint density at radius 2 is 1.69 bits per heavy atom. The van der Waals surface area contributed by atoms with Crippen LogP contribution < -0.4 is 5.32 Å². The maximum absolute atomic E-state index is 13.3. The number of amides is 2. The van der Waals surface area contributed by atoms with Gasteiger partial charge in [-0.05, 0) is 60.8 Å². The minimum absolute atomic E-state index is 0.00202. The predicted octanol–water partition coefficient (Wildman–Crippen LogP) is 4.41. The van der Waals surface area contributed by atoms with E-state index < -0.39 is 17.6 Å². The number of fused-ring (bicyclic) bond motifs is 3. The van der Waals surface area contributed by atoms with Crippen molar-refractivity contribution in [1.82, 2.24) is 10.2 Å². The Kier molecular flexibility index (Phi) is 6.26. The first-order valence-electron chi connectivity index (χ1n) is 12.5. The molecule has 0 spiro atoms. The first-order chi connectivity index (χ1) is 16.9. The lowest BCUT2D eigenvalue weighted by Crippen LogP contribution is -2.53. The molecule has 2 N–H and O–H groups in total. The quantitative estimate of drug-likeness (QED) is 0.644. The highest BCUT2D eigenvalue weighted by molar-refractivity contribution is 5.89. The lowest BCUT2D eigenvalue weighted by Gasteiger charge is -2.34. The lowest BCUT2D eigenvalue weighted by atomic mass is 9.92. The van der Waals surface area contributed by atoms with Crippen molar-refractivity contribution < 1.29 is 24.2 Å². The molecule has 1 saturated carbocycles. The zero-order valence-corrected chi connectivity index (χ0v) is 20.0. The summed E-state index contributed by atoms with van der Waals surface area (Å²) in [5, 5.41) is 12.5. The van der Waals surface area contributed by atoms with Gasteiger partial charge < -0.3 is 20.1 Å². The van der Waals surface area contributed by atoms with Gasteiger partial charge in [-0.15, -0.1) is 0 Å². The molecule has 3 aliphatic rings. The van der Waals surface area contributed by atoms with Gasteiger partial charge in [0.05, 0.1) is 0 Å². The van der Waals surface area contributed by atoms with E-state index in [4.69, 9.17) is 4.74 Å². The number of carboxylic acids is 1. The SMILES string of the molecule is CC1(C(=O)O)CCCN1C(=O)[C@@H]1CCC[C@@H]1CNC(=O)OCC1c2ccccc2-c2ccccc21. The van der Waals surface area contributed by atoms with Crippen molar-refractivity contribution in [1.29, 1.82) is 0 Å². The van der Waals surface area contributed by atoms with Crippen LogP contribution in [0.15, 0.2) is 48.5 Å². The Balaban J connectivity index is 1.18. The third kappa shape index (κ3) is 4.17. The summed E-state index contributed by atoms with van der Waals surface area (Å²) in [4.78, 5) is 39.2. The van der Waals surface area contributed by atoms with Gasteiger partial charge in [0.2, 0.25) is 5.91 Å². The average Bonchev–Trinajstić information content (AvgIpc) is 3.57. The molecular weight excluding hydrogens is 444 g/mol. The number of carboxylic acid groups (broad SMARTS) is 1. The van der Waals surface area contributed by atoms with Crippen molar-refractivity contribution >= 4 is 18.0 Å². The van der Waals surface area contributed by atoms with Gasteiger partial charge in [-0.2, -0.15) is 0 Å². The van der Waals surface area contributed by atoms with Gasteiger partial charge in [-0.1, -0.05) is 55.0 Å². The van der Waals surface area contributed by atoms with Crippen LogP contribution in [0.25, 0.3) is 11.1 Å². The van der Waals surface area contributed by atoms with E-state index in [-0.39, 0.29) is 30.3 Å². The summed E-state index contributed by atoms with van der Waals surface area (Å²) in [6.45, 7) is 2.71. The number of nitrogens with zero attached hydrogens (tertiary/aromatic N) is 1.